The molecule has 0 saturated heterocycles. The summed E-state index contributed by atoms with van der Waals surface area (Å²) >= 11 is 6.38. The molecule has 7 nitrogen and oxygen atoms in total. The maximum absolute atomic E-state index is 12.8. The van der Waals surface area contributed by atoms with Crippen molar-refractivity contribution in [1.29, 1.82) is 0 Å². The van der Waals surface area contributed by atoms with Gasteiger partial charge in [0.15, 0.2) is 0 Å². The van der Waals surface area contributed by atoms with E-state index in [1.807, 2.05) is 6.92 Å². The Morgan fingerprint density at radius 3 is 2.50 bits per heavy atom. The van der Waals surface area contributed by atoms with Crippen molar-refractivity contribution in [2.45, 2.75) is 19.9 Å². The summed E-state index contributed by atoms with van der Waals surface area (Å²) in [5.41, 5.74) is 4.46. The molecule has 3 rings (SSSR count). The van der Waals surface area contributed by atoms with E-state index in [-0.39, 0.29) is 22.0 Å². The van der Waals surface area contributed by atoms with Gasteiger partial charge in [0.2, 0.25) is 5.43 Å². The van der Waals surface area contributed by atoms with E-state index in [1.54, 1.807) is 28.8 Å². The molecule has 2 aromatic carbocycles. The van der Waals surface area contributed by atoms with Crippen LogP contribution in [0.15, 0.2) is 53.3 Å². The first-order valence-electron chi connectivity index (χ1n) is 8.64. The fourth-order valence-electron chi connectivity index (χ4n) is 2.90. The number of aryl methyl sites for hydroxylation is 1. The zero-order valence-corrected chi connectivity index (χ0v) is 15.8. The van der Waals surface area contributed by atoms with Crippen molar-refractivity contribution >= 4 is 34.3 Å². The first-order valence-corrected chi connectivity index (χ1v) is 9.02. The molecule has 144 valence electrons. The van der Waals surface area contributed by atoms with Gasteiger partial charge in [0.25, 0.3) is 11.8 Å². The minimum absolute atomic E-state index is 0.00894. The lowest BCUT2D eigenvalue weighted by atomic mass is 10.1. The largest absolute Gasteiger partial charge is 0.508 e. The quantitative estimate of drug-likeness (QED) is 0.464. The number of nitrogens with zero attached hydrogens (tertiary/aromatic N) is 1. The summed E-state index contributed by atoms with van der Waals surface area (Å²) in [5.74, 6) is -1.55. The average molecular weight is 400 g/mol. The van der Waals surface area contributed by atoms with Gasteiger partial charge in [-0.15, -0.1) is 0 Å². The zero-order chi connectivity index (χ0) is 20.3. The van der Waals surface area contributed by atoms with Gasteiger partial charge in [0.1, 0.15) is 16.5 Å². The predicted molar refractivity (Wildman–Crippen MR) is 107 cm³/mol. The summed E-state index contributed by atoms with van der Waals surface area (Å²) in [4.78, 5) is 37.5. The minimum atomic E-state index is -0.820. The minimum Gasteiger partial charge on any atom is -0.508 e. The number of phenolic OH excluding ortho intramolecular Hbond substituents is 1. The Hall–Kier alpha value is -3.32. The molecule has 1 heterocycles. The number of carbonyl (C=O) groups excluding carboxylic acids is 2. The number of pyridine rings is 1. The van der Waals surface area contributed by atoms with E-state index in [0.29, 0.717) is 17.4 Å². The number of phenols is 1. The van der Waals surface area contributed by atoms with E-state index in [2.05, 4.69) is 10.9 Å². The van der Waals surface area contributed by atoms with Crippen LogP contribution < -0.4 is 16.3 Å². The van der Waals surface area contributed by atoms with E-state index in [1.165, 1.54) is 24.3 Å². The molecule has 3 N–H and O–H groups in total. The smallest absolute Gasteiger partial charge is 0.276 e. The summed E-state index contributed by atoms with van der Waals surface area (Å²) in [6.45, 7) is 2.48. The second kappa shape index (κ2) is 8.14. The molecule has 3 aromatic rings. The number of hydrogen-bond donors (Lipinski definition) is 3. The maximum Gasteiger partial charge on any atom is 0.276 e. The first-order chi connectivity index (χ1) is 13.4. The van der Waals surface area contributed by atoms with E-state index in [4.69, 9.17) is 11.6 Å². The van der Waals surface area contributed by atoms with Gasteiger partial charge in [-0.1, -0.05) is 36.7 Å². The number of halogens is 1. The number of hydrogen-bond acceptors (Lipinski definition) is 4. The van der Waals surface area contributed by atoms with Crippen molar-refractivity contribution in [1.82, 2.24) is 15.4 Å². The second-order valence-electron chi connectivity index (χ2n) is 6.12. The predicted octanol–water partition coefficient (Wildman–Crippen LogP) is 2.85. The Labute approximate surface area is 165 Å². The number of aromatic nitrogens is 1. The molecule has 0 radical (unpaired) electrons. The van der Waals surface area contributed by atoms with Crippen LogP contribution in [0, 0.1) is 0 Å². The molecule has 1 aromatic heterocycles. The van der Waals surface area contributed by atoms with E-state index >= 15 is 0 Å². The Balaban J connectivity index is 1.93. The first kappa shape index (κ1) is 19.4. The van der Waals surface area contributed by atoms with Gasteiger partial charge in [-0.25, -0.2) is 0 Å². The molecule has 0 atom stereocenters. The number of amides is 2. The van der Waals surface area contributed by atoms with Gasteiger partial charge in [0.05, 0.1) is 5.52 Å². The third-order valence-electron chi connectivity index (χ3n) is 4.18. The highest BCUT2D eigenvalue weighted by Crippen LogP contribution is 2.21. The fourth-order valence-corrected chi connectivity index (χ4v) is 3.25. The molecular formula is C20H18ClN3O4. The molecule has 2 amide bonds. The number of benzene rings is 2. The molecule has 0 aliphatic rings. The molecule has 0 bridgehead atoms. The molecule has 0 spiro atoms. The fraction of sp³-hybridized carbons (Fsp3) is 0.150. The van der Waals surface area contributed by atoms with E-state index < -0.39 is 17.2 Å². The van der Waals surface area contributed by atoms with E-state index in [0.717, 1.165) is 6.42 Å². The zero-order valence-electron chi connectivity index (χ0n) is 15.0. The van der Waals surface area contributed by atoms with Gasteiger partial charge < -0.3 is 9.67 Å². The SMILES string of the molecule is CCCn1c(Cl)c(C(=O)NNC(=O)c2cccc(O)c2)c(=O)c2ccccc21. The monoisotopic (exact) mass is 399 g/mol. The highest BCUT2D eigenvalue weighted by molar-refractivity contribution is 6.33. The summed E-state index contributed by atoms with van der Waals surface area (Å²) in [6.07, 6.45) is 0.752. The summed E-state index contributed by atoms with van der Waals surface area (Å²) < 4.78 is 1.70. The van der Waals surface area contributed by atoms with Gasteiger partial charge in [-0.2, -0.15) is 0 Å². The number of carbonyl (C=O) groups is 2. The normalized spacial score (nSPS) is 10.6. The van der Waals surface area contributed by atoms with Crippen molar-refractivity contribution in [3.63, 3.8) is 0 Å². The molecule has 28 heavy (non-hydrogen) atoms. The van der Waals surface area contributed by atoms with Crippen LogP contribution >= 0.6 is 11.6 Å². The lowest BCUT2D eigenvalue weighted by Crippen LogP contribution is -2.43. The molecule has 0 saturated carbocycles. The Kier molecular flexibility index (Phi) is 5.65. The molecule has 8 heteroatoms. The summed E-state index contributed by atoms with van der Waals surface area (Å²) in [7, 11) is 0. The van der Waals surface area contributed by atoms with Crippen molar-refractivity contribution < 1.29 is 14.7 Å². The highest BCUT2D eigenvalue weighted by Gasteiger charge is 2.21. The standard InChI is InChI=1S/C20H18ClN3O4/c1-2-10-24-15-9-4-3-8-14(15)17(26)16(18(24)21)20(28)23-22-19(27)12-6-5-7-13(25)11-12/h3-9,11,25H,2,10H2,1H3,(H,22,27)(H,23,28). The number of hydrazine groups is 1. The van der Waals surface area contributed by atoms with Crippen molar-refractivity contribution in [2.24, 2.45) is 0 Å². The van der Waals surface area contributed by atoms with Crippen molar-refractivity contribution in [2.75, 3.05) is 0 Å². The van der Waals surface area contributed by atoms with Crippen LogP contribution in [0.25, 0.3) is 10.9 Å². The third kappa shape index (κ3) is 3.70. The van der Waals surface area contributed by atoms with Crippen molar-refractivity contribution in [3.8, 4) is 5.75 Å². The number of aromatic hydroxyl groups is 1. The van der Waals surface area contributed by atoms with Crippen LogP contribution in [-0.4, -0.2) is 21.5 Å². The van der Waals surface area contributed by atoms with Crippen LogP contribution in [-0.2, 0) is 6.54 Å². The van der Waals surface area contributed by atoms with Crippen LogP contribution in [0.5, 0.6) is 5.75 Å². The molecule has 0 unspecified atom stereocenters. The van der Waals surface area contributed by atoms with Crippen molar-refractivity contribution in [3.05, 3.63) is 75.0 Å². The number of nitrogens with one attached hydrogen (secondary N) is 2. The topological polar surface area (TPSA) is 100 Å². The molecule has 0 fully saturated rings. The molecular weight excluding hydrogens is 382 g/mol. The third-order valence-corrected chi connectivity index (χ3v) is 4.58. The lowest BCUT2D eigenvalue weighted by Gasteiger charge is -2.16. The summed E-state index contributed by atoms with van der Waals surface area (Å²) in [5, 5.41) is 9.82. The van der Waals surface area contributed by atoms with Gasteiger partial charge in [-0.05, 0) is 36.8 Å². The summed E-state index contributed by atoms with van der Waals surface area (Å²) in [6, 6.07) is 12.5. The number of para-hydroxylation sites is 1. The van der Waals surface area contributed by atoms with Gasteiger partial charge >= 0.3 is 0 Å². The van der Waals surface area contributed by atoms with Crippen LogP contribution in [0.4, 0.5) is 0 Å². The Bertz CT molecular complexity index is 1120. The number of fused-ring (bicyclic) bond motifs is 1. The highest BCUT2D eigenvalue weighted by atomic mass is 35.5. The number of rotatable bonds is 4. The van der Waals surface area contributed by atoms with E-state index in [9.17, 15) is 19.5 Å². The average Bonchev–Trinajstić information content (AvgIpc) is 2.69. The van der Waals surface area contributed by atoms with Crippen LogP contribution in [0.3, 0.4) is 0 Å². The van der Waals surface area contributed by atoms with Gasteiger partial charge in [0, 0.05) is 17.5 Å². The lowest BCUT2D eigenvalue weighted by molar-refractivity contribution is 0.0845. The maximum atomic E-state index is 12.8. The van der Waals surface area contributed by atoms with Gasteiger partial charge in [-0.3, -0.25) is 25.2 Å². The molecule has 0 aliphatic heterocycles. The second-order valence-corrected chi connectivity index (χ2v) is 6.48. The van der Waals surface area contributed by atoms with Crippen LogP contribution in [0.2, 0.25) is 5.15 Å². The Morgan fingerprint density at radius 2 is 1.79 bits per heavy atom. The van der Waals surface area contributed by atoms with Crippen LogP contribution in [0.1, 0.15) is 34.1 Å². The Morgan fingerprint density at radius 1 is 1.07 bits per heavy atom. The molecule has 0 aliphatic carbocycles.